The number of anilines is 1. The van der Waals surface area contributed by atoms with Gasteiger partial charge >= 0.3 is 19.1 Å². The Bertz CT molecular complexity index is 588. The average molecular weight is 386 g/mol. The van der Waals surface area contributed by atoms with Crippen molar-refractivity contribution in [3.05, 3.63) is 29.3 Å². The van der Waals surface area contributed by atoms with Crippen LogP contribution in [0.15, 0.2) is 24.3 Å². The van der Waals surface area contributed by atoms with Crippen molar-refractivity contribution in [2.24, 2.45) is 17.6 Å². The number of rotatable bonds is 6. The molecule has 144 valence electrons. The highest BCUT2D eigenvalue weighted by Crippen LogP contribution is 2.29. The predicted molar refractivity (Wildman–Crippen MR) is 101 cm³/mol. The molecule has 0 radical (unpaired) electrons. The van der Waals surface area contributed by atoms with Crippen molar-refractivity contribution in [2.75, 3.05) is 25.5 Å². The molecule has 10 heteroatoms. The van der Waals surface area contributed by atoms with Crippen LogP contribution in [0.3, 0.4) is 0 Å². The fraction of sp³-hybridized carbons (Fsp3) is 0.500. The number of hydrogen-bond acceptors (Lipinski definition) is 5. The maximum Gasteiger partial charge on any atom is 0.451 e. The van der Waals surface area contributed by atoms with Gasteiger partial charge in [-0.25, -0.2) is 4.79 Å². The van der Waals surface area contributed by atoms with Crippen LogP contribution in [0.2, 0.25) is 11.3 Å². The van der Waals surface area contributed by atoms with E-state index in [1.807, 2.05) is 0 Å². The third-order valence-electron chi connectivity index (χ3n) is 4.18. The van der Waals surface area contributed by atoms with Gasteiger partial charge in [-0.3, -0.25) is 4.79 Å². The summed E-state index contributed by atoms with van der Waals surface area (Å²) in [6, 6.07) is 6.30. The summed E-state index contributed by atoms with van der Waals surface area (Å²) in [7, 11) is 0.110. The highest BCUT2D eigenvalue weighted by Gasteiger charge is 2.39. The number of hydrogen-bond donors (Lipinski definition) is 5. The van der Waals surface area contributed by atoms with Crippen LogP contribution in [0, 0.1) is 11.8 Å². The number of likely N-dealkylation sites (tertiary alicyclic amines) is 1. The number of nitrogens with one attached hydrogen (secondary N) is 1. The number of halogens is 1. The molecule has 26 heavy (non-hydrogen) atoms. The zero-order chi connectivity index (χ0) is 19.7. The summed E-state index contributed by atoms with van der Waals surface area (Å²) in [4.78, 5) is 25.2. The van der Waals surface area contributed by atoms with E-state index in [1.165, 1.54) is 11.9 Å². The average Bonchev–Trinajstić information content (AvgIpc) is 3.03. The summed E-state index contributed by atoms with van der Waals surface area (Å²) in [6.07, 6.45) is 1.22. The van der Waals surface area contributed by atoms with E-state index in [0.717, 1.165) is 0 Å². The molecule has 1 saturated heterocycles. The molecule has 2 rings (SSSR count). The van der Waals surface area contributed by atoms with Crippen LogP contribution in [0.4, 0.5) is 10.5 Å². The first-order valence-electron chi connectivity index (χ1n) is 8.35. The molecular formula is C16H25BClN3O5. The second-order valence-electron chi connectivity index (χ2n) is 5.96. The van der Waals surface area contributed by atoms with Crippen molar-refractivity contribution >= 4 is 36.4 Å². The molecule has 8 nitrogen and oxygen atoms in total. The Morgan fingerprint density at radius 1 is 1.27 bits per heavy atom. The number of carbonyl (C=O) groups excluding carboxylic acids is 1. The molecule has 0 spiro atoms. The molecule has 2 atom stereocenters. The van der Waals surface area contributed by atoms with Crippen molar-refractivity contribution in [3.63, 3.8) is 0 Å². The number of urea groups is 1. The van der Waals surface area contributed by atoms with Crippen molar-refractivity contribution in [1.29, 1.82) is 0 Å². The van der Waals surface area contributed by atoms with Gasteiger partial charge in [0.2, 0.25) is 0 Å². The molecule has 1 aromatic rings. The molecule has 2 amide bonds. The quantitative estimate of drug-likeness (QED) is 0.469. The summed E-state index contributed by atoms with van der Waals surface area (Å²) in [5, 5.41) is 30.4. The zero-order valence-electron chi connectivity index (χ0n) is 14.6. The Hall–Kier alpha value is -1.81. The van der Waals surface area contributed by atoms with Gasteiger partial charge in [-0.05, 0) is 50.0 Å². The van der Waals surface area contributed by atoms with E-state index in [1.54, 1.807) is 24.3 Å². The lowest BCUT2D eigenvalue weighted by atomic mass is 9.80. The van der Waals surface area contributed by atoms with Gasteiger partial charge in [0, 0.05) is 23.8 Å². The second-order valence-corrected chi connectivity index (χ2v) is 6.39. The van der Waals surface area contributed by atoms with Gasteiger partial charge in [0.05, 0.1) is 5.92 Å². The van der Waals surface area contributed by atoms with E-state index in [4.69, 9.17) is 21.6 Å². The fourth-order valence-electron chi connectivity index (χ4n) is 2.91. The fourth-order valence-corrected chi connectivity index (χ4v) is 3.03. The summed E-state index contributed by atoms with van der Waals surface area (Å²) in [5.74, 6) is -1.78. The lowest BCUT2D eigenvalue weighted by molar-refractivity contribution is -0.142. The smallest absolute Gasteiger partial charge is 0.451 e. The summed E-state index contributed by atoms with van der Waals surface area (Å²) < 4.78 is 0. The highest BCUT2D eigenvalue weighted by atomic mass is 35.5. The molecular weight excluding hydrogens is 360 g/mol. The molecule has 1 heterocycles. The van der Waals surface area contributed by atoms with Gasteiger partial charge in [0.25, 0.3) is 0 Å². The van der Waals surface area contributed by atoms with E-state index in [0.29, 0.717) is 30.1 Å². The molecule has 1 fully saturated rings. The van der Waals surface area contributed by atoms with Crippen molar-refractivity contribution in [1.82, 2.24) is 4.90 Å². The van der Waals surface area contributed by atoms with Crippen molar-refractivity contribution in [2.45, 2.75) is 19.2 Å². The molecule has 1 aliphatic heterocycles. The highest BCUT2D eigenvalue weighted by molar-refractivity contribution is 6.40. The van der Waals surface area contributed by atoms with Crippen molar-refractivity contribution in [3.8, 4) is 0 Å². The molecule has 2 unspecified atom stereocenters. The number of carbonyl (C=O) groups is 2. The van der Waals surface area contributed by atoms with Gasteiger partial charge in [0.1, 0.15) is 0 Å². The summed E-state index contributed by atoms with van der Waals surface area (Å²) in [5.41, 5.74) is 5.09. The zero-order valence-corrected chi connectivity index (χ0v) is 15.4. The molecule has 1 aliphatic rings. The Labute approximate surface area is 158 Å². The van der Waals surface area contributed by atoms with Crippen LogP contribution in [0.25, 0.3) is 0 Å². The number of nitrogens with two attached hydrogens (primary N) is 1. The number of nitrogens with zero attached hydrogens (tertiary/aromatic N) is 1. The van der Waals surface area contributed by atoms with Crippen LogP contribution in [-0.2, 0) is 4.79 Å². The van der Waals surface area contributed by atoms with E-state index in [-0.39, 0.29) is 24.8 Å². The van der Waals surface area contributed by atoms with E-state index < -0.39 is 19.0 Å². The molecule has 0 bridgehead atoms. The first-order valence-corrected chi connectivity index (χ1v) is 8.72. The first-order chi connectivity index (χ1) is 12.4. The Balaban J connectivity index is 0.00000163. The summed E-state index contributed by atoms with van der Waals surface area (Å²) >= 11 is 5.80. The Kier molecular flexibility index (Phi) is 9.43. The minimum absolute atomic E-state index is 0.140. The minimum atomic E-state index is -1.39. The van der Waals surface area contributed by atoms with Gasteiger partial charge in [-0.2, -0.15) is 0 Å². The largest absolute Gasteiger partial charge is 0.481 e. The number of carboxylic acid groups (broad SMARTS) is 1. The molecule has 1 aromatic carbocycles. The van der Waals surface area contributed by atoms with Crippen LogP contribution in [0.5, 0.6) is 0 Å². The lowest BCUT2D eigenvalue weighted by Gasteiger charge is -2.17. The van der Waals surface area contributed by atoms with Crippen LogP contribution < -0.4 is 11.1 Å². The van der Waals surface area contributed by atoms with Gasteiger partial charge in [0.15, 0.2) is 0 Å². The first kappa shape index (κ1) is 22.2. The normalized spacial score (nSPS) is 18.7. The molecule has 0 aliphatic carbocycles. The van der Waals surface area contributed by atoms with E-state index in [2.05, 4.69) is 11.1 Å². The number of benzene rings is 1. The topological polar surface area (TPSA) is 136 Å². The SMILES string of the molecule is CN.O=C(O)C1CN(C(=O)Nc2ccc(Cl)cc2)CC1CCCB(O)O. The standard InChI is InChI=1S/C15H20BClN2O5.CH5N/c17-11-3-5-12(6-4-11)18-15(22)19-8-10(2-1-7-16(23)24)13(9-19)14(20)21;1-2/h3-6,10,13,23-24H,1-2,7-9H2,(H,18,22)(H,20,21);2H2,1H3. The van der Waals surface area contributed by atoms with Crippen LogP contribution in [-0.4, -0.2) is 59.3 Å². The van der Waals surface area contributed by atoms with Crippen molar-refractivity contribution < 1.29 is 24.7 Å². The Morgan fingerprint density at radius 2 is 1.88 bits per heavy atom. The molecule has 0 saturated carbocycles. The lowest BCUT2D eigenvalue weighted by Crippen LogP contribution is -2.33. The Morgan fingerprint density at radius 3 is 2.42 bits per heavy atom. The van der Waals surface area contributed by atoms with E-state index >= 15 is 0 Å². The minimum Gasteiger partial charge on any atom is -0.481 e. The number of aliphatic carboxylic acids is 1. The monoisotopic (exact) mass is 385 g/mol. The van der Waals surface area contributed by atoms with Crippen LogP contribution in [0.1, 0.15) is 12.8 Å². The van der Waals surface area contributed by atoms with Gasteiger partial charge in [-0.1, -0.05) is 18.0 Å². The van der Waals surface area contributed by atoms with Crippen LogP contribution >= 0.6 is 11.6 Å². The molecule has 0 aromatic heterocycles. The summed E-state index contributed by atoms with van der Waals surface area (Å²) in [6.45, 7) is 0.471. The third kappa shape index (κ3) is 6.83. The predicted octanol–water partition coefficient (Wildman–Crippen LogP) is 1.33. The third-order valence-corrected chi connectivity index (χ3v) is 4.43. The number of amides is 2. The second kappa shape index (κ2) is 11.0. The van der Waals surface area contributed by atoms with Gasteiger partial charge < -0.3 is 31.1 Å². The maximum absolute atomic E-state index is 12.3. The molecule has 6 N–H and O–H groups in total. The van der Waals surface area contributed by atoms with Gasteiger partial charge in [-0.15, -0.1) is 0 Å². The van der Waals surface area contributed by atoms with E-state index in [9.17, 15) is 14.7 Å². The maximum atomic E-state index is 12.3. The number of carboxylic acids is 1.